The van der Waals surface area contributed by atoms with Crippen LogP contribution in [0.1, 0.15) is 18.4 Å². The molecule has 96 valence electrons. The monoisotopic (exact) mass is 259 g/mol. The van der Waals surface area contributed by atoms with Gasteiger partial charge in [0.1, 0.15) is 15.7 Å². The average Bonchev–Trinajstić information content (AvgIpc) is 2.15. The van der Waals surface area contributed by atoms with E-state index in [2.05, 4.69) is 0 Å². The van der Waals surface area contributed by atoms with Crippen LogP contribution in [0.5, 0.6) is 0 Å². The Morgan fingerprint density at radius 3 is 2.71 bits per heavy atom. The molecule has 1 rings (SSSR count). The Bertz CT molecular complexity index is 459. The van der Waals surface area contributed by atoms with E-state index in [4.69, 9.17) is 5.73 Å². The first kappa shape index (κ1) is 14.1. The number of hydrogen-bond donors (Lipinski definition) is 1. The topological polar surface area (TPSA) is 60.2 Å². The minimum atomic E-state index is -2.91. The van der Waals surface area contributed by atoms with Crippen molar-refractivity contribution >= 4 is 9.84 Å². The molecule has 5 heteroatoms. The molecule has 0 fully saturated rings. The van der Waals surface area contributed by atoms with E-state index in [0.29, 0.717) is 19.3 Å². The van der Waals surface area contributed by atoms with Gasteiger partial charge in [-0.05, 0) is 37.0 Å². The van der Waals surface area contributed by atoms with E-state index in [0.717, 1.165) is 5.56 Å². The Morgan fingerprint density at radius 1 is 1.41 bits per heavy atom. The highest BCUT2D eigenvalue weighted by atomic mass is 32.2. The predicted molar refractivity (Wildman–Crippen MR) is 67.0 cm³/mol. The van der Waals surface area contributed by atoms with E-state index in [1.165, 1.54) is 18.4 Å². The van der Waals surface area contributed by atoms with Crippen LogP contribution >= 0.6 is 0 Å². The summed E-state index contributed by atoms with van der Waals surface area (Å²) < 4.78 is 34.8. The molecule has 0 aliphatic heterocycles. The van der Waals surface area contributed by atoms with Gasteiger partial charge in [-0.2, -0.15) is 0 Å². The van der Waals surface area contributed by atoms with E-state index < -0.39 is 9.84 Å². The number of halogens is 1. The van der Waals surface area contributed by atoms with Gasteiger partial charge in [0.05, 0.1) is 0 Å². The maximum absolute atomic E-state index is 12.9. The number of hydrogen-bond acceptors (Lipinski definition) is 3. The van der Waals surface area contributed by atoms with Crippen molar-refractivity contribution in [3.63, 3.8) is 0 Å². The summed E-state index contributed by atoms with van der Waals surface area (Å²) in [6.45, 7) is 0. The molecule has 0 amide bonds. The van der Waals surface area contributed by atoms with Crippen molar-refractivity contribution < 1.29 is 12.8 Å². The third-order valence-corrected chi connectivity index (χ3v) is 3.51. The SMILES string of the molecule is CS(=O)(=O)CCCC(N)Cc1cccc(F)c1. The largest absolute Gasteiger partial charge is 0.327 e. The van der Waals surface area contributed by atoms with Gasteiger partial charge in [0.2, 0.25) is 0 Å². The number of rotatable bonds is 6. The summed E-state index contributed by atoms with van der Waals surface area (Å²) in [4.78, 5) is 0. The van der Waals surface area contributed by atoms with Gasteiger partial charge in [0, 0.05) is 18.1 Å². The van der Waals surface area contributed by atoms with Gasteiger partial charge in [-0.15, -0.1) is 0 Å². The molecule has 0 aliphatic rings. The Balaban J connectivity index is 2.37. The fraction of sp³-hybridized carbons (Fsp3) is 0.500. The quantitative estimate of drug-likeness (QED) is 0.842. The normalized spacial score (nSPS) is 13.6. The summed E-state index contributed by atoms with van der Waals surface area (Å²) in [6, 6.07) is 6.18. The molecule has 0 saturated heterocycles. The van der Waals surface area contributed by atoms with E-state index in [9.17, 15) is 12.8 Å². The average molecular weight is 259 g/mol. The summed E-state index contributed by atoms with van der Waals surface area (Å²) in [5.74, 6) is -0.116. The van der Waals surface area contributed by atoms with Crippen LogP contribution in [0.4, 0.5) is 4.39 Å². The molecular weight excluding hydrogens is 241 g/mol. The Kier molecular flexibility index (Phi) is 5.08. The van der Waals surface area contributed by atoms with E-state index in [1.54, 1.807) is 6.07 Å². The van der Waals surface area contributed by atoms with Crippen LogP contribution in [0.2, 0.25) is 0 Å². The fourth-order valence-corrected chi connectivity index (χ4v) is 2.37. The lowest BCUT2D eigenvalue weighted by molar-refractivity contribution is 0.575. The zero-order chi connectivity index (χ0) is 12.9. The fourth-order valence-electron chi connectivity index (χ4n) is 1.68. The molecule has 1 aromatic carbocycles. The Hall–Kier alpha value is -0.940. The van der Waals surface area contributed by atoms with Gasteiger partial charge in [-0.1, -0.05) is 12.1 Å². The van der Waals surface area contributed by atoms with Crippen LogP contribution in [0.3, 0.4) is 0 Å². The highest BCUT2D eigenvalue weighted by Crippen LogP contribution is 2.08. The second-order valence-electron chi connectivity index (χ2n) is 4.37. The van der Waals surface area contributed by atoms with Crippen molar-refractivity contribution in [2.45, 2.75) is 25.3 Å². The lowest BCUT2D eigenvalue weighted by atomic mass is 10.0. The molecule has 0 spiro atoms. The van der Waals surface area contributed by atoms with Crippen molar-refractivity contribution in [3.05, 3.63) is 35.6 Å². The molecule has 1 unspecified atom stereocenters. The van der Waals surface area contributed by atoms with E-state index in [-0.39, 0.29) is 17.6 Å². The molecule has 0 heterocycles. The predicted octanol–water partition coefficient (Wildman–Crippen LogP) is 1.52. The maximum atomic E-state index is 12.9. The summed E-state index contributed by atoms with van der Waals surface area (Å²) in [5, 5.41) is 0. The van der Waals surface area contributed by atoms with Gasteiger partial charge in [0.25, 0.3) is 0 Å². The van der Waals surface area contributed by atoms with E-state index in [1.807, 2.05) is 6.07 Å². The number of nitrogens with two attached hydrogens (primary N) is 1. The first-order valence-corrected chi connectivity index (χ1v) is 7.60. The van der Waals surface area contributed by atoms with Crippen LogP contribution in [0.25, 0.3) is 0 Å². The highest BCUT2D eigenvalue weighted by Gasteiger charge is 2.07. The highest BCUT2D eigenvalue weighted by molar-refractivity contribution is 7.90. The molecule has 3 nitrogen and oxygen atoms in total. The number of sulfone groups is 1. The summed E-state index contributed by atoms with van der Waals surface area (Å²) in [7, 11) is -2.91. The summed E-state index contributed by atoms with van der Waals surface area (Å²) in [5.41, 5.74) is 6.71. The lowest BCUT2D eigenvalue weighted by Crippen LogP contribution is -2.23. The molecule has 0 bridgehead atoms. The Labute approximate surface area is 102 Å². The zero-order valence-corrected chi connectivity index (χ0v) is 10.7. The molecule has 0 saturated carbocycles. The third-order valence-electron chi connectivity index (χ3n) is 2.48. The minimum absolute atomic E-state index is 0.126. The van der Waals surface area contributed by atoms with Gasteiger partial charge < -0.3 is 5.73 Å². The minimum Gasteiger partial charge on any atom is -0.327 e. The summed E-state index contributed by atoms with van der Waals surface area (Å²) >= 11 is 0. The molecule has 1 atom stereocenters. The first-order chi connectivity index (χ1) is 7.87. The smallest absolute Gasteiger partial charge is 0.147 e. The standard InChI is InChI=1S/C12H18FNO2S/c1-17(15,16)7-3-6-12(14)9-10-4-2-5-11(13)8-10/h2,4-5,8,12H,3,6-7,9,14H2,1H3. The van der Waals surface area contributed by atoms with Crippen LogP contribution in [-0.2, 0) is 16.3 Å². The lowest BCUT2D eigenvalue weighted by Gasteiger charge is -2.11. The molecular formula is C12H18FNO2S. The molecule has 0 aliphatic carbocycles. The van der Waals surface area contributed by atoms with Gasteiger partial charge in [0.15, 0.2) is 0 Å². The van der Waals surface area contributed by atoms with Gasteiger partial charge in [-0.25, -0.2) is 12.8 Å². The zero-order valence-electron chi connectivity index (χ0n) is 9.90. The first-order valence-electron chi connectivity index (χ1n) is 5.54. The van der Waals surface area contributed by atoms with Gasteiger partial charge >= 0.3 is 0 Å². The summed E-state index contributed by atoms with van der Waals surface area (Å²) in [6.07, 6.45) is 2.96. The second-order valence-corrected chi connectivity index (χ2v) is 6.63. The van der Waals surface area contributed by atoms with Crippen LogP contribution in [0, 0.1) is 5.82 Å². The van der Waals surface area contributed by atoms with Gasteiger partial charge in [-0.3, -0.25) is 0 Å². The van der Waals surface area contributed by atoms with E-state index >= 15 is 0 Å². The van der Waals surface area contributed by atoms with Crippen LogP contribution in [-0.4, -0.2) is 26.5 Å². The van der Waals surface area contributed by atoms with Crippen molar-refractivity contribution in [1.29, 1.82) is 0 Å². The van der Waals surface area contributed by atoms with Crippen LogP contribution in [0.15, 0.2) is 24.3 Å². The molecule has 17 heavy (non-hydrogen) atoms. The second kappa shape index (κ2) is 6.12. The maximum Gasteiger partial charge on any atom is 0.147 e. The molecule has 2 N–H and O–H groups in total. The van der Waals surface area contributed by atoms with Crippen molar-refractivity contribution in [1.82, 2.24) is 0 Å². The molecule has 0 aromatic heterocycles. The molecule has 0 radical (unpaired) electrons. The van der Waals surface area contributed by atoms with Crippen molar-refractivity contribution in [2.24, 2.45) is 5.73 Å². The van der Waals surface area contributed by atoms with Crippen molar-refractivity contribution in [2.75, 3.05) is 12.0 Å². The third kappa shape index (κ3) is 6.38. The Morgan fingerprint density at radius 2 is 2.12 bits per heavy atom. The molecule has 1 aromatic rings. The van der Waals surface area contributed by atoms with Crippen LogP contribution < -0.4 is 5.73 Å². The van der Waals surface area contributed by atoms with Crippen molar-refractivity contribution in [3.8, 4) is 0 Å². The number of benzene rings is 1.